The summed E-state index contributed by atoms with van der Waals surface area (Å²) in [6.07, 6.45) is 2.98. The number of ether oxygens (including phenoxy) is 1. The van der Waals surface area contributed by atoms with E-state index in [1.165, 1.54) is 0 Å². The maximum atomic E-state index is 12.1. The first kappa shape index (κ1) is 17.4. The number of hydrogen-bond donors (Lipinski definition) is 1. The van der Waals surface area contributed by atoms with E-state index in [1.54, 1.807) is 0 Å². The first-order chi connectivity index (χ1) is 9.58. The van der Waals surface area contributed by atoms with Crippen LogP contribution < -0.4 is 5.32 Å². The zero-order valence-corrected chi connectivity index (χ0v) is 13.7. The molecule has 1 fully saturated rings. The summed E-state index contributed by atoms with van der Waals surface area (Å²) < 4.78 is 5.42. The number of amides is 1. The van der Waals surface area contributed by atoms with E-state index in [-0.39, 0.29) is 11.8 Å². The summed E-state index contributed by atoms with van der Waals surface area (Å²) in [5.74, 6) is 1.03. The molecule has 0 spiro atoms. The highest BCUT2D eigenvalue weighted by atomic mass is 16.5. The molecule has 1 heterocycles. The smallest absolute Gasteiger partial charge is 0.223 e. The number of rotatable bonds is 8. The molecule has 0 saturated carbocycles. The average Bonchev–Trinajstić information content (AvgIpc) is 2.45. The maximum Gasteiger partial charge on any atom is 0.223 e. The van der Waals surface area contributed by atoms with E-state index >= 15 is 0 Å². The molecule has 0 radical (unpaired) electrons. The third-order valence-electron chi connectivity index (χ3n) is 4.17. The third-order valence-corrected chi connectivity index (χ3v) is 4.17. The van der Waals surface area contributed by atoms with E-state index in [2.05, 4.69) is 37.9 Å². The molecule has 0 aromatic rings. The molecule has 1 saturated heterocycles. The van der Waals surface area contributed by atoms with Crippen LogP contribution in [0.4, 0.5) is 0 Å². The number of carbonyl (C=O) groups is 1. The average molecular weight is 284 g/mol. The predicted octanol–water partition coefficient (Wildman–Crippen LogP) is 2.29. The highest BCUT2D eigenvalue weighted by Crippen LogP contribution is 2.14. The van der Waals surface area contributed by atoms with Gasteiger partial charge in [0.05, 0.1) is 13.2 Å². The van der Waals surface area contributed by atoms with E-state index in [1.807, 2.05) is 0 Å². The molecule has 1 rings (SSSR count). The van der Waals surface area contributed by atoms with E-state index in [9.17, 15) is 4.79 Å². The highest BCUT2D eigenvalue weighted by molar-refractivity contribution is 5.78. The van der Waals surface area contributed by atoms with Gasteiger partial charge in [0, 0.05) is 31.6 Å². The Balaban J connectivity index is 2.49. The fourth-order valence-corrected chi connectivity index (χ4v) is 2.87. The van der Waals surface area contributed by atoms with Crippen molar-refractivity contribution in [3.8, 4) is 0 Å². The Kier molecular flexibility index (Phi) is 8.15. The molecular formula is C16H32N2O2. The van der Waals surface area contributed by atoms with Crippen LogP contribution in [-0.2, 0) is 9.53 Å². The van der Waals surface area contributed by atoms with Crippen LogP contribution in [0.2, 0.25) is 0 Å². The van der Waals surface area contributed by atoms with Crippen LogP contribution in [0.1, 0.15) is 47.0 Å². The van der Waals surface area contributed by atoms with Gasteiger partial charge in [-0.25, -0.2) is 0 Å². The van der Waals surface area contributed by atoms with E-state index in [4.69, 9.17) is 4.74 Å². The SMILES string of the molecule is CCC(CC)C(=O)NCC(CC(C)C)N1CCOCC1. The van der Waals surface area contributed by atoms with Crippen LogP contribution in [0, 0.1) is 11.8 Å². The second-order valence-corrected chi connectivity index (χ2v) is 6.19. The van der Waals surface area contributed by atoms with E-state index < -0.39 is 0 Å². The molecule has 1 aliphatic heterocycles. The summed E-state index contributed by atoms with van der Waals surface area (Å²) >= 11 is 0. The second kappa shape index (κ2) is 9.35. The summed E-state index contributed by atoms with van der Waals surface area (Å²) in [5, 5.41) is 3.17. The summed E-state index contributed by atoms with van der Waals surface area (Å²) in [7, 11) is 0. The number of carbonyl (C=O) groups excluding carboxylic acids is 1. The van der Waals surface area contributed by atoms with E-state index in [0.29, 0.717) is 12.0 Å². The molecule has 0 aromatic carbocycles. The van der Waals surface area contributed by atoms with Crippen molar-refractivity contribution in [1.82, 2.24) is 10.2 Å². The lowest BCUT2D eigenvalue weighted by molar-refractivity contribution is -0.125. The Labute approximate surface area is 124 Å². The van der Waals surface area contributed by atoms with Crippen LogP contribution >= 0.6 is 0 Å². The molecule has 1 N–H and O–H groups in total. The van der Waals surface area contributed by atoms with Gasteiger partial charge in [0.2, 0.25) is 5.91 Å². The standard InChI is InChI=1S/C16H32N2O2/c1-5-14(6-2)16(19)17-12-15(11-13(3)4)18-7-9-20-10-8-18/h13-15H,5-12H2,1-4H3,(H,17,19). The quantitative estimate of drug-likeness (QED) is 0.743. The summed E-state index contributed by atoms with van der Waals surface area (Å²) in [6.45, 7) is 13.0. The van der Waals surface area contributed by atoms with Crippen molar-refractivity contribution in [3.05, 3.63) is 0 Å². The number of nitrogens with zero attached hydrogens (tertiary/aromatic N) is 1. The molecule has 0 bridgehead atoms. The number of morpholine rings is 1. The molecule has 4 nitrogen and oxygen atoms in total. The molecule has 1 amide bonds. The van der Waals surface area contributed by atoms with Crippen molar-refractivity contribution in [3.63, 3.8) is 0 Å². The minimum absolute atomic E-state index is 0.166. The van der Waals surface area contributed by atoms with Gasteiger partial charge in [-0.15, -0.1) is 0 Å². The first-order valence-corrected chi connectivity index (χ1v) is 8.17. The van der Waals surface area contributed by atoms with Crippen molar-refractivity contribution >= 4 is 5.91 Å². The molecule has 0 aliphatic carbocycles. The van der Waals surface area contributed by atoms with Gasteiger partial charge in [-0.2, -0.15) is 0 Å². The zero-order valence-electron chi connectivity index (χ0n) is 13.7. The Bertz CT molecular complexity index is 272. The largest absolute Gasteiger partial charge is 0.379 e. The molecule has 118 valence electrons. The molecule has 1 unspecified atom stereocenters. The summed E-state index contributed by atoms with van der Waals surface area (Å²) in [4.78, 5) is 14.6. The summed E-state index contributed by atoms with van der Waals surface area (Å²) in [5.41, 5.74) is 0. The minimum Gasteiger partial charge on any atom is -0.379 e. The topological polar surface area (TPSA) is 41.6 Å². The van der Waals surface area contributed by atoms with Crippen molar-refractivity contribution < 1.29 is 9.53 Å². The zero-order chi connectivity index (χ0) is 15.0. The monoisotopic (exact) mass is 284 g/mol. The van der Waals surface area contributed by atoms with E-state index in [0.717, 1.165) is 52.1 Å². The molecular weight excluding hydrogens is 252 g/mol. The van der Waals surface area contributed by atoms with Crippen molar-refractivity contribution in [1.29, 1.82) is 0 Å². The lowest BCUT2D eigenvalue weighted by Crippen LogP contribution is -2.49. The Hall–Kier alpha value is -0.610. The Morgan fingerprint density at radius 2 is 1.80 bits per heavy atom. The predicted molar refractivity (Wildman–Crippen MR) is 82.7 cm³/mol. The van der Waals surface area contributed by atoms with Crippen LogP contribution in [-0.4, -0.2) is 49.7 Å². The molecule has 0 aromatic heterocycles. The number of hydrogen-bond acceptors (Lipinski definition) is 3. The van der Waals surface area contributed by atoms with Crippen LogP contribution in [0.25, 0.3) is 0 Å². The molecule has 1 atom stereocenters. The molecule has 1 aliphatic rings. The molecule has 20 heavy (non-hydrogen) atoms. The molecule has 4 heteroatoms. The normalized spacial score (nSPS) is 18.5. The number of nitrogens with one attached hydrogen (secondary N) is 1. The van der Waals surface area contributed by atoms with Gasteiger partial charge in [0.25, 0.3) is 0 Å². The van der Waals surface area contributed by atoms with Crippen molar-refractivity contribution in [2.24, 2.45) is 11.8 Å². The van der Waals surface area contributed by atoms with Gasteiger partial charge < -0.3 is 10.1 Å². The van der Waals surface area contributed by atoms with Crippen LogP contribution in [0.15, 0.2) is 0 Å². The minimum atomic E-state index is 0.166. The van der Waals surface area contributed by atoms with Gasteiger partial charge in [-0.3, -0.25) is 9.69 Å². The van der Waals surface area contributed by atoms with Gasteiger partial charge >= 0.3 is 0 Å². The van der Waals surface area contributed by atoms with Crippen LogP contribution in [0.3, 0.4) is 0 Å². The fraction of sp³-hybridized carbons (Fsp3) is 0.938. The van der Waals surface area contributed by atoms with Gasteiger partial charge in [-0.1, -0.05) is 27.7 Å². The lowest BCUT2D eigenvalue weighted by Gasteiger charge is -2.35. The van der Waals surface area contributed by atoms with Crippen LogP contribution in [0.5, 0.6) is 0 Å². The first-order valence-electron chi connectivity index (χ1n) is 8.17. The summed E-state index contributed by atoms with van der Waals surface area (Å²) in [6, 6.07) is 0.442. The highest BCUT2D eigenvalue weighted by Gasteiger charge is 2.23. The van der Waals surface area contributed by atoms with Gasteiger partial charge in [-0.05, 0) is 25.2 Å². The van der Waals surface area contributed by atoms with Gasteiger partial charge in [0.15, 0.2) is 0 Å². The second-order valence-electron chi connectivity index (χ2n) is 6.19. The van der Waals surface area contributed by atoms with Crippen molar-refractivity contribution in [2.75, 3.05) is 32.8 Å². The Morgan fingerprint density at radius 1 is 1.20 bits per heavy atom. The van der Waals surface area contributed by atoms with Crippen molar-refractivity contribution in [2.45, 2.75) is 53.0 Å². The fourth-order valence-electron chi connectivity index (χ4n) is 2.87. The lowest BCUT2D eigenvalue weighted by atomic mass is 10.00. The maximum absolute atomic E-state index is 12.1. The Morgan fingerprint density at radius 3 is 2.30 bits per heavy atom. The van der Waals surface area contributed by atoms with Gasteiger partial charge in [0.1, 0.15) is 0 Å². The third kappa shape index (κ3) is 5.80.